The van der Waals surface area contributed by atoms with Crippen LogP contribution in [0.2, 0.25) is 0 Å². The lowest BCUT2D eigenvalue weighted by Gasteiger charge is -2.15. The zero-order valence-corrected chi connectivity index (χ0v) is 20.6. The zero-order valence-electron chi connectivity index (χ0n) is 19.0. The van der Waals surface area contributed by atoms with Crippen LogP contribution in [0.15, 0.2) is 57.5 Å². The summed E-state index contributed by atoms with van der Waals surface area (Å²) in [6, 6.07) is 11.9. The molecule has 4 aromatic rings. The Morgan fingerprint density at radius 2 is 1.91 bits per heavy atom. The van der Waals surface area contributed by atoms with Crippen molar-refractivity contribution in [2.75, 3.05) is 11.1 Å². The highest BCUT2D eigenvalue weighted by Crippen LogP contribution is 2.32. The van der Waals surface area contributed by atoms with Crippen molar-refractivity contribution in [3.63, 3.8) is 0 Å². The van der Waals surface area contributed by atoms with Crippen molar-refractivity contribution in [3.8, 4) is 0 Å². The Morgan fingerprint density at radius 1 is 1.14 bits per heavy atom. The van der Waals surface area contributed by atoms with E-state index in [1.165, 1.54) is 39.9 Å². The second-order valence-corrected chi connectivity index (χ2v) is 10.0. The molecule has 0 unspecified atom stereocenters. The molecule has 176 valence electrons. The maximum Gasteiger partial charge on any atom is 0.283 e. The molecule has 2 aromatic heterocycles. The topological polar surface area (TPSA) is 119 Å². The van der Waals surface area contributed by atoms with E-state index in [0.29, 0.717) is 42.8 Å². The first kappa shape index (κ1) is 22.9. The monoisotopic (exact) mass is 505 g/mol. The van der Waals surface area contributed by atoms with Crippen LogP contribution in [0.25, 0.3) is 10.2 Å². The van der Waals surface area contributed by atoms with E-state index < -0.39 is 4.92 Å². The highest BCUT2D eigenvalue weighted by molar-refractivity contribution is 7.99. The number of amides is 1. The Balaban J connectivity index is 1.56. The van der Waals surface area contributed by atoms with Gasteiger partial charge in [-0.3, -0.25) is 19.7 Å². The van der Waals surface area contributed by atoms with Gasteiger partial charge in [0.1, 0.15) is 4.83 Å². The van der Waals surface area contributed by atoms with E-state index >= 15 is 0 Å². The molecule has 1 N–H and O–H groups in total. The average molecular weight is 506 g/mol. The van der Waals surface area contributed by atoms with Crippen LogP contribution >= 0.6 is 23.1 Å². The number of fused-ring (bicyclic) bond motifs is 2. The minimum Gasteiger partial charge on any atom is -0.321 e. The van der Waals surface area contributed by atoms with Crippen molar-refractivity contribution in [3.05, 3.63) is 90.1 Å². The average Bonchev–Trinajstić information content (AvgIpc) is 3.18. The van der Waals surface area contributed by atoms with Crippen molar-refractivity contribution >= 4 is 56.3 Å². The Labute approximate surface area is 207 Å². The molecule has 0 saturated heterocycles. The number of carbonyl (C=O) groups excluding carboxylic acids is 1. The predicted octanol–water partition coefficient (Wildman–Crippen LogP) is 4.90. The molecule has 0 radical (unpaired) electrons. The SMILES string of the molecule is Cc1cccc(NC(=O)c2sc3nc4n(c(=O)c3c2C)N=C(c2cccc([N+](=O)[O-])c2)CS4)c1C. The van der Waals surface area contributed by atoms with Crippen LogP contribution in [-0.4, -0.2) is 32.0 Å². The summed E-state index contributed by atoms with van der Waals surface area (Å²) in [5, 5.41) is 19.3. The normalized spacial score (nSPS) is 12.8. The number of carbonyl (C=O) groups is 1. The second kappa shape index (κ2) is 8.75. The Kier molecular flexibility index (Phi) is 5.73. The number of thiophene rings is 1. The van der Waals surface area contributed by atoms with Crippen molar-refractivity contribution in [2.45, 2.75) is 25.9 Å². The number of aromatic nitrogens is 2. The Bertz CT molecular complexity index is 1640. The molecular formula is C24H19N5O4S2. The van der Waals surface area contributed by atoms with Crippen LogP contribution in [0.3, 0.4) is 0 Å². The van der Waals surface area contributed by atoms with Crippen LogP contribution in [0, 0.1) is 30.9 Å². The Morgan fingerprint density at radius 3 is 2.69 bits per heavy atom. The molecule has 1 aliphatic rings. The molecule has 35 heavy (non-hydrogen) atoms. The third-order valence-corrected chi connectivity index (χ3v) is 8.05. The van der Waals surface area contributed by atoms with Gasteiger partial charge in [-0.25, -0.2) is 4.98 Å². The van der Waals surface area contributed by atoms with Gasteiger partial charge in [-0.05, 0) is 43.5 Å². The van der Waals surface area contributed by atoms with Crippen LogP contribution in [-0.2, 0) is 0 Å². The fraction of sp³-hybridized carbons (Fsp3) is 0.167. The molecule has 5 rings (SSSR count). The first-order valence-electron chi connectivity index (χ1n) is 10.6. The molecule has 2 aromatic carbocycles. The summed E-state index contributed by atoms with van der Waals surface area (Å²) in [6.45, 7) is 5.65. The molecule has 0 spiro atoms. The number of non-ortho nitro benzene ring substituents is 1. The lowest BCUT2D eigenvalue weighted by molar-refractivity contribution is -0.384. The fourth-order valence-corrected chi connectivity index (χ4v) is 5.86. The Hall–Kier alpha value is -3.83. The lowest BCUT2D eigenvalue weighted by Crippen LogP contribution is -2.25. The number of hydrogen-bond donors (Lipinski definition) is 1. The van der Waals surface area contributed by atoms with Crippen molar-refractivity contribution in [1.29, 1.82) is 0 Å². The summed E-state index contributed by atoms with van der Waals surface area (Å²) in [7, 11) is 0. The quantitative estimate of drug-likeness (QED) is 0.239. The third kappa shape index (κ3) is 4.02. The first-order valence-corrected chi connectivity index (χ1v) is 12.4. The summed E-state index contributed by atoms with van der Waals surface area (Å²) in [5.74, 6) is 0.110. The third-order valence-electron chi connectivity index (χ3n) is 5.92. The summed E-state index contributed by atoms with van der Waals surface area (Å²) < 4.78 is 1.22. The highest BCUT2D eigenvalue weighted by Gasteiger charge is 2.25. The molecular weight excluding hydrogens is 486 g/mol. The first-order chi connectivity index (χ1) is 16.7. The minimum absolute atomic E-state index is 0.0462. The summed E-state index contributed by atoms with van der Waals surface area (Å²) >= 11 is 2.50. The molecule has 3 heterocycles. The van der Waals surface area contributed by atoms with E-state index in [9.17, 15) is 19.7 Å². The zero-order chi connectivity index (χ0) is 24.9. The number of anilines is 1. The van der Waals surface area contributed by atoms with E-state index in [1.54, 1.807) is 19.1 Å². The van der Waals surface area contributed by atoms with Gasteiger partial charge < -0.3 is 5.32 Å². The van der Waals surface area contributed by atoms with Crippen molar-refractivity contribution < 1.29 is 9.72 Å². The number of nitrogens with zero attached hydrogens (tertiary/aromatic N) is 4. The lowest BCUT2D eigenvalue weighted by atomic mass is 10.1. The molecule has 0 aliphatic carbocycles. The van der Waals surface area contributed by atoms with Gasteiger partial charge >= 0.3 is 0 Å². The van der Waals surface area contributed by atoms with Gasteiger partial charge in [0.05, 0.1) is 20.9 Å². The van der Waals surface area contributed by atoms with Gasteiger partial charge in [0.15, 0.2) is 5.16 Å². The van der Waals surface area contributed by atoms with E-state index in [4.69, 9.17) is 0 Å². The van der Waals surface area contributed by atoms with Gasteiger partial charge in [0.2, 0.25) is 0 Å². The van der Waals surface area contributed by atoms with E-state index in [-0.39, 0.29) is 17.2 Å². The minimum atomic E-state index is -0.467. The number of nitrogens with one attached hydrogen (secondary N) is 1. The molecule has 1 aliphatic heterocycles. The number of aryl methyl sites for hydroxylation is 2. The van der Waals surface area contributed by atoms with Crippen molar-refractivity contribution in [2.24, 2.45) is 5.10 Å². The number of rotatable bonds is 4. The van der Waals surface area contributed by atoms with Gasteiger partial charge in [0.25, 0.3) is 17.2 Å². The second-order valence-electron chi connectivity index (χ2n) is 8.09. The summed E-state index contributed by atoms with van der Waals surface area (Å²) in [6.07, 6.45) is 0. The van der Waals surface area contributed by atoms with Crippen LogP contribution in [0.1, 0.15) is 31.9 Å². The van der Waals surface area contributed by atoms with Gasteiger partial charge in [-0.15, -0.1) is 11.3 Å². The molecule has 0 saturated carbocycles. The van der Waals surface area contributed by atoms with E-state index in [2.05, 4.69) is 15.4 Å². The largest absolute Gasteiger partial charge is 0.321 e. The number of nitro benzene ring substituents is 1. The highest BCUT2D eigenvalue weighted by atomic mass is 32.2. The molecule has 11 heteroatoms. The molecule has 9 nitrogen and oxygen atoms in total. The number of benzene rings is 2. The summed E-state index contributed by atoms with van der Waals surface area (Å²) in [5.41, 5.74) is 4.00. The van der Waals surface area contributed by atoms with Gasteiger partial charge in [-0.2, -0.15) is 9.78 Å². The number of nitro groups is 1. The fourth-order valence-electron chi connectivity index (χ4n) is 3.84. The van der Waals surface area contributed by atoms with Gasteiger partial charge in [0, 0.05) is 29.1 Å². The molecule has 0 fully saturated rings. The van der Waals surface area contributed by atoms with E-state index in [1.807, 2.05) is 32.0 Å². The summed E-state index contributed by atoms with van der Waals surface area (Å²) in [4.78, 5) is 42.7. The standard InChI is InChI=1S/C24H19N5O4S2/c1-12-6-4-9-17(13(12)2)25-21(30)20-14(3)19-22(35-20)26-24-28(23(19)31)27-18(11-34-24)15-7-5-8-16(10-15)29(32)33/h4-10H,11H2,1-3H3,(H,25,30). The van der Waals surface area contributed by atoms with Gasteiger partial charge in [-0.1, -0.05) is 36.0 Å². The molecule has 0 bridgehead atoms. The van der Waals surface area contributed by atoms with Crippen LogP contribution in [0.5, 0.6) is 0 Å². The molecule has 1 amide bonds. The predicted molar refractivity (Wildman–Crippen MR) is 138 cm³/mol. The number of thioether (sulfide) groups is 1. The van der Waals surface area contributed by atoms with E-state index in [0.717, 1.165) is 16.8 Å². The maximum absolute atomic E-state index is 13.4. The van der Waals surface area contributed by atoms with Crippen LogP contribution < -0.4 is 10.9 Å². The number of hydrogen-bond acceptors (Lipinski definition) is 8. The smallest absolute Gasteiger partial charge is 0.283 e. The van der Waals surface area contributed by atoms with Crippen molar-refractivity contribution in [1.82, 2.24) is 9.66 Å². The maximum atomic E-state index is 13.4. The molecule has 0 atom stereocenters. The van der Waals surface area contributed by atoms with Crippen LogP contribution in [0.4, 0.5) is 11.4 Å².